The van der Waals surface area contributed by atoms with Crippen LogP contribution in [-0.2, 0) is 0 Å². The molecule has 8 nitrogen and oxygen atoms in total. The summed E-state index contributed by atoms with van der Waals surface area (Å²) in [5, 5.41) is 12.7. The van der Waals surface area contributed by atoms with Crippen molar-refractivity contribution in [2.45, 2.75) is 38.5 Å². The first-order chi connectivity index (χ1) is 16.7. The van der Waals surface area contributed by atoms with Gasteiger partial charge in [0.15, 0.2) is 5.65 Å². The highest BCUT2D eigenvalue weighted by Gasteiger charge is 2.38. The van der Waals surface area contributed by atoms with E-state index < -0.39 is 12.2 Å². The summed E-state index contributed by atoms with van der Waals surface area (Å²) >= 11 is 0. The van der Waals surface area contributed by atoms with E-state index in [0.29, 0.717) is 16.8 Å². The predicted molar refractivity (Wildman–Crippen MR) is 125 cm³/mol. The Morgan fingerprint density at radius 3 is 2.34 bits per heavy atom. The van der Waals surface area contributed by atoms with Gasteiger partial charge in [-0.25, -0.2) is 4.52 Å². The van der Waals surface area contributed by atoms with Crippen LogP contribution in [0.4, 0.5) is 19.1 Å². The summed E-state index contributed by atoms with van der Waals surface area (Å²) in [5.41, 5.74) is 10.0. The quantitative estimate of drug-likeness (QED) is 0.362. The highest BCUT2D eigenvalue weighted by molar-refractivity contribution is 5.81. The molecule has 0 radical (unpaired) electrons. The van der Waals surface area contributed by atoms with Gasteiger partial charge in [0.1, 0.15) is 6.04 Å². The van der Waals surface area contributed by atoms with Gasteiger partial charge in [-0.3, -0.25) is 9.36 Å². The summed E-state index contributed by atoms with van der Waals surface area (Å²) in [6.07, 6.45) is 4.66. The first kappa shape index (κ1) is 22.6. The number of anilines is 1. The summed E-state index contributed by atoms with van der Waals surface area (Å²) in [5.74, 6) is 0.0604. The van der Waals surface area contributed by atoms with Crippen LogP contribution in [0.25, 0.3) is 27.9 Å². The Bertz CT molecular complexity index is 1470. The van der Waals surface area contributed by atoms with Crippen molar-refractivity contribution < 1.29 is 13.2 Å². The van der Waals surface area contributed by atoms with Crippen molar-refractivity contribution in [3.8, 4) is 22.3 Å². The first-order valence-electron chi connectivity index (χ1n) is 11.1. The van der Waals surface area contributed by atoms with Crippen LogP contribution in [0.2, 0.25) is 0 Å². The lowest BCUT2D eigenvalue weighted by Crippen LogP contribution is -2.23. The van der Waals surface area contributed by atoms with Gasteiger partial charge < -0.3 is 5.73 Å². The Labute approximate surface area is 198 Å². The predicted octanol–water partition coefficient (Wildman–Crippen LogP) is 5.16. The maximum Gasteiger partial charge on any atom is 0.410 e. The molecule has 35 heavy (non-hydrogen) atoms. The number of hydrogen-bond acceptors (Lipinski definition) is 5. The van der Waals surface area contributed by atoms with Gasteiger partial charge in [-0.05, 0) is 25.0 Å². The van der Waals surface area contributed by atoms with Crippen LogP contribution in [0.5, 0.6) is 0 Å². The van der Waals surface area contributed by atoms with Crippen LogP contribution in [0.15, 0.2) is 67.4 Å². The summed E-state index contributed by atoms with van der Waals surface area (Å²) in [7, 11) is 0. The molecule has 2 unspecified atom stereocenters. The van der Waals surface area contributed by atoms with Gasteiger partial charge >= 0.3 is 6.18 Å². The van der Waals surface area contributed by atoms with Gasteiger partial charge in [0.25, 0.3) is 0 Å². The van der Waals surface area contributed by atoms with E-state index in [4.69, 9.17) is 5.73 Å². The Morgan fingerprint density at radius 2 is 1.63 bits per heavy atom. The smallest absolute Gasteiger partial charge is 0.366 e. The molecule has 11 heteroatoms. The minimum absolute atomic E-state index is 0.0604. The Balaban J connectivity index is 1.57. The number of pyridine rings is 1. The van der Waals surface area contributed by atoms with Crippen molar-refractivity contribution in [1.29, 1.82) is 0 Å². The molecule has 1 aromatic carbocycles. The van der Waals surface area contributed by atoms with Gasteiger partial charge in [-0.2, -0.15) is 28.4 Å². The molecule has 4 heterocycles. The SMILES string of the molecule is CCC(c1ccccc1)n1cc(-c2cc(-c3cnn(C(C)C(F)(F)F)c3)c3nc(N)nn3c2)cn1. The number of nitrogens with two attached hydrogens (primary N) is 1. The first-order valence-corrected chi connectivity index (χ1v) is 11.1. The molecule has 0 amide bonds. The number of aromatic nitrogens is 7. The molecule has 0 saturated heterocycles. The van der Waals surface area contributed by atoms with Crippen molar-refractivity contribution in [2.24, 2.45) is 0 Å². The number of fused-ring (bicyclic) bond motifs is 1. The lowest BCUT2D eigenvalue weighted by atomic mass is 10.0. The third-order valence-electron chi connectivity index (χ3n) is 6.06. The molecule has 2 atom stereocenters. The molecular formula is C24H23F3N8. The Morgan fingerprint density at radius 1 is 0.943 bits per heavy atom. The normalized spacial score (nSPS) is 13.9. The molecule has 0 bridgehead atoms. The van der Waals surface area contributed by atoms with Gasteiger partial charge in [0, 0.05) is 40.8 Å². The number of benzene rings is 1. The Hall–Kier alpha value is -4.15. The van der Waals surface area contributed by atoms with E-state index >= 15 is 0 Å². The highest BCUT2D eigenvalue weighted by atomic mass is 19.4. The molecule has 0 fully saturated rings. The summed E-state index contributed by atoms with van der Waals surface area (Å²) in [6.45, 7) is 3.16. The lowest BCUT2D eigenvalue weighted by molar-refractivity contribution is -0.165. The molecular weight excluding hydrogens is 457 g/mol. The number of alkyl halides is 3. The van der Waals surface area contributed by atoms with Gasteiger partial charge in [0.05, 0.1) is 18.4 Å². The molecule has 180 valence electrons. The van der Waals surface area contributed by atoms with E-state index in [2.05, 4.69) is 39.3 Å². The van der Waals surface area contributed by atoms with E-state index in [1.54, 1.807) is 12.4 Å². The van der Waals surface area contributed by atoms with Gasteiger partial charge in [-0.1, -0.05) is 37.3 Å². The van der Waals surface area contributed by atoms with Crippen molar-refractivity contribution in [2.75, 3.05) is 5.73 Å². The summed E-state index contributed by atoms with van der Waals surface area (Å²) in [4.78, 5) is 4.26. The molecule has 0 saturated carbocycles. The van der Waals surface area contributed by atoms with Crippen LogP contribution in [-0.4, -0.2) is 40.3 Å². The molecule has 2 N–H and O–H groups in total. The van der Waals surface area contributed by atoms with Crippen molar-refractivity contribution in [1.82, 2.24) is 34.2 Å². The summed E-state index contributed by atoms with van der Waals surface area (Å²) < 4.78 is 43.9. The van der Waals surface area contributed by atoms with Crippen molar-refractivity contribution >= 4 is 11.6 Å². The van der Waals surface area contributed by atoms with E-state index in [1.807, 2.05) is 35.1 Å². The number of nitrogen functional groups attached to an aromatic ring is 1. The topological polar surface area (TPSA) is 91.8 Å². The number of rotatable bonds is 6. The number of nitrogens with zero attached hydrogens (tertiary/aromatic N) is 7. The van der Waals surface area contributed by atoms with Crippen molar-refractivity contribution in [3.05, 3.63) is 72.9 Å². The molecule has 5 aromatic rings. The highest BCUT2D eigenvalue weighted by Crippen LogP contribution is 2.34. The fourth-order valence-corrected chi connectivity index (χ4v) is 4.12. The van der Waals surface area contributed by atoms with E-state index in [-0.39, 0.29) is 12.0 Å². The zero-order valence-electron chi connectivity index (χ0n) is 19.1. The van der Waals surface area contributed by atoms with Crippen LogP contribution in [0.3, 0.4) is 0 Å². The average molecular weight is 480 g/mol. The van der Waals surface area contributed by atoms with Crippen LogP contribution in [0, 0.1) is 0 Å². The number of hydrogen-bond donors (Lipinski definition) is 1. The van der Waals surface area contributed by atoms with Gasteiger partial charge in [-0.15, -0.1) is 5.10 Å². The standard InChI is InChI=1S/C24H23F3N8/c1-3-21(16-7-5-4-6-8-16)34-13-18(10-30-34)17-9-20(22-31-23(28)32-35(22)12-17)19-11-29-33(14-19)15(2)24(25,26)27/h4-15,21H,3H2,1-2H3,(H2,28,32). The Kier molecular flexibility index (Phi) is 5.54. The van der Waals surface area contributed by atoms with Crippen LogP contribution in [0.1, 0.15) is 37.9 Å². The van der Waals surface area contributed by atoms with E-state index in [0.717, 1.165) is 34.7 Å². The lowest BCUT2D eigenvalue weighted by Gasteiger charge is -2.16. The second-order valence-corrected chi connectivity index (χ2v) is 8.35. The zero-order chi connectivity index (χ0) is 24.7. The largest absolute Gasteiger partial charge is 0.410 e. The molecule has 5 rings (SSSR count). The third-order valence-corrected chi connectivity index (χ3v) is 6.06. The van der Waals surface area contributed by atoms with Crippen LogP contribution < -0.4 is 5.73 Å². The number of halogens is 3. The average Bonchev–Trinajstić information content (AvgIpc) is 3.58. The molecule has 4 aromatic heterocycles. The van der Waals surface area contributed by atoms with Crippen molar-refractivity contribution in [3.63, 3.8) is 0 Å². The minimum atomic E-state index is -4.41. The van der Waals surface area contributed by atoms with E-state index in [1.165, 1.54) is 16.9 Å². The second-order valence-electron chi connectivity index (χ2n) is 8.35. The molecule has 0 aliphatic carbocycles. The van der Waals surface area contributed by atoms with E-state index in [9.17, 15) is 13.2 Å². The molecule has 0 spiro atoms. The fourth-order valence-electron chi connectivity index (χ4n) is 4.12. The van der Waals surface area contributed by atoms with Gasteiger partial charge in [0.2, 0.25) is 5.95 Å². The summed E-state index contributed by atoms with van der Waals surface area (Å²) in [6, 6.07) is 10.2. The fraction of sp³-hybridized carbons (Fsp3) is 0.250. The maximum absolute atomic E-state index is 13.2. The second kappa shape index (κ2) is 8.57. The zero-order valence-corrected chi connectivity index (χ0v) is 19.1. The molecule has 0 aliphatic rings. The van der Waals surface area contributed by atoms with Crippen LogP contribution >= 0.6 is 0 Å². The molecule has 0 aliphatic heterocycles. The third kappa shape index (κ3) is 4.25. The monoisotopic (exact) mass is 480 g/mol. The maximum atomic E-state index is 13.2. The minimum Gasteiger partial charge on any atom is -0.366 e.